The van der Waals surface area contributed by atoms with Crippen LogP contribution in [-0.4, -0.2) is 46.8 Å². The van der Waals surface area contributed by atoms with E-state index in [9.17, 15) is 0 Å². The third-order valence-electron chi connectivity index (χ3n) is 2.77. The molecule has 1 rings (SSSR count). The first-order chi connectivity index (χ1) is 8.38. The van der Waals surface area contributed by atoms with Crippen molar-refractivity contribution in [2.24, 2.45) is 5.92 Å². The van der Waals surface area contributed by atoms with Crippen LogP contribution >= 0.6 is 0 Å². The Hall–Kier alpha value is -1.23. The standard InChI is InChI=1S/C13H25N5/c1-9(2)7-12(8-18(5)6)15-13-14-10(3)11(4)16-17-13/h9,12H,7-8H2,1-6H3,(H,14,15,17). The second-order valence-corrected chi connectivity index (χ2v) is 5.54. The Kier molecular flexibility index (Phi) is 5.47. The van der Waals surface area contributed by atoms with E-state index in [1.165, 1.54) is 0 Å². The average Bonchev–Trinajstić information content (AvgIpc) is 2.21. The topological polar surface area (TPSA) is 53.9 Å². The summed E-state index contributed by atoms with van der Waals surface area (Å²) in [7, 11) is 4.16. The molecule has 0 radical (unpaired) electrons. The van der Waals surface area contributed by atoms with Crippen molar-refractivity contribution in [1.82, 2.24) is 20.1 Å². The van der Waals surface area contributed by atoms with Gasteiger partial charge in [0.1, 0.15) is 0 Å². The zero-order chi connectivity index (χ0) is 13.7. The van der Waals surface area contributed by atoms with Crippen LogP contribution in [0.4, 0.5) is 5.95 Å². The van der Waals surface area contributed by atoms with Gasteiger partial charge < -0.3 is 10.2 Å². The fourth-order valence-electron chi connectivity index (χ4n) is 1.89. The molecule has 0 aliphatic rings. The molecular formula is C13H25N5. The molecule has 1 aromatic rings. The SMILES string of the molecule is Cc1nnc(NC(CC(C)C)CN(C)C)nc1C. The highest BCUT2D eigenvalue weighted by molar-refractivity contribution is 5.26. The molecule has 0 amide bonds. The van der Waals surface area contributed by atoms with Gasteiger partial charge in [-0.1, -0.05) is 13.8 Å². The smallest absolute Gasteiger partial charge is 0.243 e. The first kappa shape index (κ1) is 14.8. The molecule has 1 aromatic heterocycles. The molecule has 0 saturated heterocycles. The lowest BCUT2D eigenvalue weighted by Crippen LogP contribution is -2.34. The van der Waals surface area contributed by atoms with Gasteiger partial charge in [0.25, 0.3) is 0 Å². The Morgan fingerprint density at radius 1 is 1.11 bits per heavy atom. The summed E-state index contributed by atoms with van der Waals surface area (Å²) in [5.41, 5.74) is 1.81. The van der Waals surface area contributed by atoms with Gasteiger partial charge in [-0.3, -0.25) is 0 Å². The molecule has 18 heavy (non-hydrogen) atoms. The highest BCUT2D eigenvalue weighted by atomic mass is 15.3. The Morgan fingerprint density at radius 2 is 1.78 bits per heavy atom. The summed E-state index contributed by atoms with van der Waals surface area (Å²) in [6, 6.07) is 0.351. The molecule has 0 spiro atoms. The van der Waals surface area contributed by atoms with E-state index in [1.807, 2.05) is 13.8 Å². The van der Waals surface area contributed by atoms with Gasteiger partial charge >= 0.3 is 0 Å². The molecule has 0 aliphatic heterocycles. The van der Waals surface area contributed by atoms with E-state index in [2.05, 4.69) is 53.3 Å². The number of anilines is 1. The van der Waals surface area contributed by atoms with Crippen molar-refractivity contribution < 1.29 is 0 Å². The first-order valence-electron chi connectivity index (χ1n) is 6.47. The average molecular weight is 251 g/mol. The number of nitrogens with zero attached hydrogens (tertiary/aromatic N) is 4. The van der Waals surface area contributed by atoms with Crippen molar-refractivity contribution in [3.05, 3.63) is 11.4 Å². The molecule has 1 atom stereocenters. The molecule has 0 aliphatic carbocycles. The van der Waals surface area contributed by atoms with Crippen molar-refractivity contribution in [3.63, 3.8) is 0 Å². The van der Waals surface area contributed by atoms with Crippen LogP contribution in [0, 0.1) is 19.8 Å². The van der Waals surface area contributed by atoms with Crippen LogP contribution < -0.4 is 5.32 Å². The van der Waals surface area contributed by atoms with Crippen LogP contribution in [0.15, 0.2) is 0 Å². The van der Waals surface area contributed by atoms with Gasteiger partial charge in [0, 0.05) is 12.6 Å². The van der Waals surface area contributed by atoms with Crippen LogP contribution in [0.1, 0.15) is 31.7 Å². The second kappa shape index (κ2) is 6.64. The fraction of sp³-hybridized carbons (Fsp3) is 0.769. The minimum absolute atomic E-state index is 0.351. The van der Waals surface area contributed by atoms with E-state index in [0.717, 1.165) is 24.4 Å². The van der Waals surface area contributed by atoms with E-state index < -0.39 is 0 Å². The number of rotatable bonds is 6. The maximum atomic E-state index is 4.42. The molecule has 0 fully saturated rings. The molecule has 102 valence electrons. The lowest BCUT2D eigenvalue weighted by molar-refractivity contribution is 0.355. The maximum absolute atomic E-state index is 4.42. The van der Waals surface area contributed by atoms with Gasteiger partial charge in [0.15, 0.2) is 0 Å². The summed E-state index contributed by atoms with van der Waals surface area (Å²) in [5, 5.41) is 11.6. The highest BCUT2D eigenvalue weighted by Gasteiger charge is 2.13. The summed E-state index contributed by atoms with van der Waals surface area (Å²) < 4.78 is 0. The molecule has 1 N–H and O–H groups in total. The first-order valence-corrected chi connectivity index (χ1v) is 6.47. The van der Waals surface area contributed by atoms with E-state index >= 15 is 0 Å². The van der Waals surface area contributed by atoms with Gasteiger partial charge in [0.2, 0.25) is 5.95 Å². The van der Waals surface area contributed by atoms with Gasteiger partial charge in [0.05, 0.1) is 11.4 Å². The predicted octanol–water partition coefficient (Wildman–Crippen LogP) is 1.88. The second-order valence-electron chi connectivity index (χ2n) is 5.54. The van der Waals surface area contributed by atoms with E-state index in [-0.39, 0.29) is 0 Å². The lowest BCUT2D eigenvalue weighted by Gasteiger charge is -2.23. The molecule has 1 heterocycles. The molecule has 0 saturated carbocycles. The molecule has 5 nitrogen and oxygen atoms in total. The number of hydrogen-bond donors (Lipinski definition) is 1. The number of aryl methyl sites for hydroxylation is 2. The van der Waals surface area contributed by atoms with Crippen molar-refractivity contribution in [2.75, 3.05) is 26.0 Å². The maximum Gasteiger partial charge on any atom is 0.243 e. The van der Waals surface area contributed by atoms with Crippen LogP contribution in [0.2, 0.25) is 0 Å². The lowest BCUT2D eigenvalue weighted by atomic mass is 10.0. The summed E-state index contributed by atoms with van der Waals surface area (Å²) in [6.45, 7) is 9.30. The Morgan fingerprint density at radius 3 is 2.28 bits per heavy atom. The zero-order valence-corrected chi connectivity index (χ0v) is 12.4. The van der Waals surface area contributed by atoms with Gasteiger partial charge in [-0.2, -0.15) is 5.10 Å². The van der Waals surface area contributed by atoms with Crippen LogP contribution in [0.3, 0.4) is 0 Å². The quantitative estimate of drug-likeness (QED) is 0.836. The zero-order valence-electron chi connectivity index (χ0n) is 12.4. The third kappa shape index (κ3) is 4.96. The van der Waals surface area contributed by atoms with Crippen molar-refractivity contribution >= 4 is 5.95 Å². The van der Waals surface area contributed by atoms with Gasteiger partial charge in [-0.05, 0) is 40.3 Å². The van der Waals surface area contributed by atoms with E-state index in [0.29, 0.717) is 17.9 Å². The minimum atomic E-state index is 0.351. The summed E-state index contributed by atoms with van der Waals surface area (Å²) in [6.07, 6.45) is 1.09. The minimum Gasteiger partial charge on any atom is -0.349 e. The number of likely N-dealkylation sites (N-methyl/N-ethyl adjacent to an activating group) is 1. The van der Waals surface area contributed by atoms with Crippen molar-refractivity contribution in [1.29, 1.82) is 0 Å². The van der Waals surface area contributed by atoms with Crippen molar-refractivity contribution in [2.45, 2.75) is 40.2 Å². The summed E-state index contributed by atoms with van der Waals surface area (Å²) in [5.74, 6) is 1.27. The van der Waals surface area contributed by atoms with Crippen LogP contribution in [0.5, 0.6) is 0 Å². The summed E-state index contributed by atoms with van der Waals surface area (Å²) in [4.78, 5) is 6.60. The third-order valence-corrected chi connectivity index (χ3v) is 2.77. The Balaban J connectivity index is 2.71. The number of nitrogens with one attached hydrogen (secondary N) is 1. The van der Waals surface area contributed by atoms with Crippen LogP contribution in [-0.2, 0) is 0 Å². The molecular weight excluding hydrogens is 226 g/mol. The fourth-order valence-corrected chi connectivity index (χ4v) is 1.89. The van der Waals surface area contributed by atoms with Gasteiger partial charge in [-0.15, -0.1) is 5.10 Å². The molecule has 0 bridgehead atoms. The largest absolute Gasteiger partial charge is 0.349 e. The Bertz CT molecular complexity index is 366. The van der Waals surface area contributed by atoms with Crippen molar-refractivity contribution in [3.8, 4) is 0 Å². The van der Waals surface area contributed by atoms with Crippen LogP contribution in [0.25, 0.3) is 0 Å². The normalized spacial score (nSPS) is 13.1. The molecule has 5 heteroatoms. The van der Waals surface area contributed by atoms with E-state index in [4.69, 9.17) is 0 Å². The number of aromatic nitrogens is 3. The Labute approximate surface area is 110 Å². The van der Waals surface area contributed by atoms with E-state index in [1.54, 1.807) is 0 Å². The molecule has 0 aromatic carbocycles. The summed E-state index contributed by atoms with van der Waals surface area (Å²) >= 11 is 0. The monoisotopic (exact) mass is 251 g/mol. The number of hydrogen-bond acceptors (Lipinski definition) is 5. The van der Waals surface area contributed by atoms with Gasteiger partial charge in [-0.25, -0.2) is 4.98 Å². The highest BCUT2D eigenvalue weighted by Crippen LogP contribution is 2.11. The predicted molar refractivity (Wildman–Crippen MR) is 74.7 cm³/mol. The molecule has 1 unspecified atom stereocenters.